The molecule has 6 N–H and O–H groups in total. The molecule has 9 atom stereocenters. The summed E-state index contributed by atoms with van der Waals surface area (Å²) in [6, 6.07) is 12.8. The number of ether oxygens (including phenoxy) is 4. The van der Waals surface area contributed by atoms with Crippen LogP contribution >= 0.6 is 0 Å². The van der Waals surface area contributed by atoms with Gasteiger partial charge in [0.05, 0.1) is 34.1 Å². The van der Waals surface area contributed by atoms with E-state index in [-0.39, 0.29) is 42.1 Å². The summed E-state index contributed by atoms with van der Waals surface area (Å²) < 4.78 is 22.2. The molecule has 14 nitrogen and oxygen atoms in total. The Morgan fingerprint density at radius 2 is 1.70 bits per heavy atom. The van der Waals surface area contributed by atoms with Crippen LogP contribution in [0.3, 0.4) is 0 Å². The molecule has 15 heteroatoms. The molecule has 0 bridgehead atoms. The highest BCUT2D eigenvalue weighted by molar-refractivity contribution is 6.91. The smallest absolute Gasteiger partial charge is 0.305 e. The Morgan fingerprint density at radius 3 is 2.34 bits per heavy atom. The van der Waals surface area contributed by atoms with Gasteiger partial charge >= 0.3 is 5.97 Å². The molecule has 0 saturated carbocycles. The summed E-state index contributed by atoms with van der Waals surface area (Å²) in [6.45, 7) is 6.58. The minimum Gasteiger partial charge on any atom is -0.497 e. The number of nitrogens with zero attached hydrogens (tertiary/aromatic N) is 1. The van der Waals surface area contributed by atoms with Crippen molar-refractivity contribution in [3.05, 3.63) is 48.0 Å². The molecule has 5 rings (SSSR count). The van der Waals surface area contributed by atoms with Gasteiger partial charge < -0.3 is 54.7 Å². The Bertz CT molecular complexity index is 1560. The molecule has 2 aromatic carbocycles. The second-order valence-electron chi connectivity index (χ2n) is 13.8. The average Bonchev–Trinajstić information content (AvgIpc) is 3.53. The molecular weight excluding hydrogens is 668 g/mol. The molecule has 2 aromatic rings. The number of nitrogens with one attached hydrogen (secondary N) is 1. The van der Waals surface area contributed by atoms with Gasteiger partial charge in [-0.15, -0.1) is 0 Å². The number of rotatable bonds is 12. The maximum Gasteiger partial charge on any atom is 0.305 e. The molecule has 50 heavy (non-hydrogen) atoms. The van der Waals surface area contributed by atoms with Crippen LogP contribution in [0.4, 0.5) is 11.4 Å². The van der Waals surface area contributed by atoms with Gasteiger partial charge in [0, 0.05) is 36.7 Å². The lowest BCUT2D eigenvalue weighted by Crippen LogP contribution is -2.60. The Morgan fingerprint density at radius 1 is 1.00 bits per heavy atom. The Hall–Kier alpha value is -3.41. The fourth-order valence-electron chi connectivity index (χ4n) is 7.94. The molecule has 3 aliphatic heterocycles. The zero-order valence-corrected chi connectivity index (χ0v) is 29.9. The van der Waals surface area contributed by atoms with Crippen LogP contribution in [0, 0.1) is 5.92 Å². The molecule has 0 radical (unpaired) electrons. The third-order valence-electron chi connectivity index (χ3n) is 10.6. The highest BCUT2D eigenvalue weighted by atomic mass is 28.3. The Kier molecular flexibility index (Phi) is 11.4. The molecule has 1 spiro atoms. The van der Waals surface area contributed by atoms with Gasteiger partial charge in [-0.05, 0) is 55.1 Å². The summed E-state index contributed by atoms with van der Waals surface area (Å²) in [5.74, 6) is -1.16. The van der Waals surface area contributed by atoms with Crippen LogP contribution in [0.15, 0.2) is 42.5 Å². The van der Waals surface area contributed by atoms with Gasteiger partial charge in [0.1, 0.15) is 24.1 Å². The number of hydrogen-bond acceptors (Lipinski definition) is 12. The quantitative estimate of drug-likeness (QED) is 0.102. The summed E-state index contributed by atoms with van der Waals surface area (Å²) in [7, 11) is 0.486. The number of unbranched alkanes of at least 4 members (excludes halogenated alkanes) is 1. The van der Waals surface area contributed by atoms with E-state index in [4.69, 9.17) is 18.9 Å². The van der Waals surface area contributed by atoms with E-state index in [1.54, 1.807) is 30.2 Å². The van der Waals surface area contributed by atoms with Crippen molar-refractivity contribution in [1.82, 2.24) is 0 Å². The van der Waals surface area contributed by atoms with E-state index < -0.39 is 56.4 Å². The van der Waals surface area contributed by atoms with Crippen LogP contribution in [-0.2, 0) is 34.2 Å². The lowest BCUT2D eigenvalue weighted by atomic mass is 9.82. The molecule has 2 amide bonds. The number of aliphatic hydroxyl groups is 5. The van der Waals surface area contributed by atoms with Gasteiger partial charge in [-0.2, -0.15) is 0 Å². The van der Waals surface area contributed by atoms with Crippen LogP contribution in [0.1, 0.15) is 38.2 Å². The molecular formula is C35H48N2O12Si. The van der Waals surface area contributed by atoms with Gasteiger partial charge in [0.2, 0.25) is 0 Å². The lowest BCUT2D eigenvalue weighted by Gasteiger charge is -2.37. The number of hydrogen-bond donors (Lipinski definition) is 6. The Labute approximate surface area is 291 Å². The molecule has 0 aliphatic carbocycles. The zero-order valence-electron chi connectivity index (χ0n) is 28.9. The predicted molar refractivity (Wildman–Crippen MR) is 183 cm³/mol. The summed E-state index contributed by atoms with van der Waals surface area (Å²) >= 11 is 0. The second-order valence-corrected chi connectivity index (χ2v) is 18.5. The van der Waals surface area contributed by atoms with Crippen molar-refractivity contribution in [2.24, 2.45) is 5.92 Å². The molecule has 2 fully saturated rings. The van der Waals surface area contributed by atoms with Crippen molar-refractivity contribution in [2.45, 2.75) is 93.7 Å². The molecule has 0 unspecified atom stereocenters. The highest BCUT2D eigenvalue weighted by Gasteiger charge is 2.66. The van der Waals surface area contributed by atoms with E-state index in [1.807, 2.05) is 31.2 Å². The van der Waals surface area contributed by atoms with Gasteiger partial charge in [0.25, 0.3) is 11.8 Å². The monoisotopic (exact) mass is 716 g/mol. The number of fused-ring (bicyclic) bond motifs is 2. The van der Waals surface area contributed by atoms with Gasteiger partial charge in [-0.25, -0.2) is 0 Å². The van der Waals surface area contributed by atoms with Crippen molar-refractivity contribution in [3.63, 3.8) is 0 Å². The summed E-state index contributed by atoms with van der Waals surface area (Å²) in [4.78, 5) is 41.5. The topological polar surface area (TPSA) is 205 Å². The predicted octanol–water partition coefficient (Wildman–Crippen LogP) is 0.722. The van der Waals surface area contributed by atoms with Gasteiger partial charge in [-0.3, -0.25) is 14.4 Å². The van der Waals surface area contributed by atoms with Crippen molar-refractivity contribution in [2.75, 3.05) is 37.6 Å². The van der Waals surface area contributed by atoms with Crippen LogP contribution < -0.4 is 20.1 Å². The minimum absolute atomic E-state index is 0.127. The number of amides is 2. The highest BCUT2D eigenvalue weighted by Crippen LogP contribution is 2.60. The first-order valence-electron chi connectivity index (χ1n) is 16.9. The van der Waals surface area contributed by atoms with E-state index in [9.17, 15) is 39.9 Å². The van der Waals surface area contributed by atoms with Crippen LogP contribution in [-0.4, -0.2) is 116 Å². The van der Waals surface area contributed by atoms with Crippen molar-refractivity contribution in [3.8, 4) is 5.75 Å². The summed E-state index contributed by atoms with van der Waals surface area (Å²) in [5, 5.41) is 54.4. The maximum absolute atomic E-state index is 14.8. The third kappa shape index (κ3) is 6.68. The Balaban J connectivity index is 1.53. The van der Waals surface area contributed by atoms with E-state index in [0.717, 1.165) is 10.9 Å². The number of carbonyl (C=O) groups excluding carboxylic acids is 3. The molecule has 274 valence electrons. The average molecular weight is 717 g/mol. The first-order chi connectivity index (χ1) is 23.7. The number of methoxy groups -OCH3 is 2. The summed E-state index contributed by atoms with van der Waals surface area (Å²) in [6.07, 6.45) is -8.02. The third-order valence-corrected chi connectivity index (χ3v) is 15.0. The van der Waals surface area contributed by atoms with Gasteiger partial charge in [-0.1, -0.05) is 37.3 Å². The zero-order chi connectivity index (χ0) is 36.5. The van der Waals surface area contributed by atoms with Crippen LogP contribution in [0.2, 0.25) is 18.6 Å². The first kappa shape index (κ1) is 37.8. The fraction of sp³-hybridized carbons (Fsp3) is 0.571. The summed E-state index contributed by atoms with van der Waals surface area (Å²) in [5.41, 5.74) is -0.266. The molecule has 3 aliphatic rings. The molecule has 0 aromatic heterocycles. The van der Waals surface area contributed by atoms with Crippen LogP contribution in [0.25, 0.3) is 0 Å². The van der Waals surface area contributed by atoms with Crippen molar-refractivity contribution >= 4 is 42.4 Å². The number of anilines is 2. The van der Waals surface area contributed by atoms with Gasteiger partial charge in [0.15, 0.2) is 18.0 Å². The normalized spacial score (nSPS) is 30.8. The standard InChI is InChI=1S/C35H48N2O12Si/c1-19-31(50(4,5)22-12-10-21(46-2)11-13-22)25(15-17-38)49-35(19)23-18-20(36-32(43)30-28(41)27(40)29(42)33(44)48-30)9-14-24(23)37(34(35)45)16-7-6-8-26(39)47-3/h9-14,18-19,25,27-31,33,38,40-42,44H,6-8,15-17H2,1-5H3,(H,36,43)/t19-,25+,27-,28-,29+,30-,31-,33+,35+/m0/s1. The molecule has 2 saturated heterocycles. The van der Waals surface area contributed by atoms with E-state index in [2.05, 4.69) is 18.4 Å². The second kappa shape index (κ2) is 15.1. The van der Waals surface area contributed by atoms with E-state index in [1.165, 1.54) is 7.11 Å². The number of aliphatic hydroxyl groups excluding tert-OH is 5. The first-order valence-corrected chi connectivity index (χ1v) is 20.0. The number of carbonyl (C=O) groups is 3. The largest absolute Gasteiger partial charge is 0.497 e. The maximum atomic E-state index is 14.8. The van der Waals surface area contributed by atoms with Crippen molar-refractivity contribution in [1.29, 1.82) is 0 Å². The van der Waals surface area contributed by atoms with Crippen LogP contribution in [0.5, 0.6) is 5.75 Å². The number of benzene rings is 2. The van der Waals surface area contributed by atoms with E-state index >= 15 is 0 Å². The number of esters is 1. The molecule has 3 heterocycles. The van der Waals surface area contributed by atoms with Crippen molar-refractivity contribution < 1.29 is 58.9 Å². The minimum atomic E-state index is -2.44. The lowest BCUT2D eigenvalue weighted by molar-refractivity contribution is -0.274. The fourth-order valence-corrected chi connectivity index (χ4v) is 12.0. The van der Waals surface area contributed by atoms with E-state index in [0.29, 0.717) is 37.1 Å². The SMILES string of the molecule is COC(=O)CCCCN1C(=O)[C@]2(O[C@H](CCO)[C@@H]([Si](C)(C)c3ccc(OC)cc3)[C@@H]2C)c2cc(NC(=O)[C@H]3O[C@@H](O)[C@H](O)[C@@H](O)[C@@H]3O)ccc21.